The van der Waals surface area contributed by atoms with Gasteiger partial charge in [-0.3, -0.25) is 14.2 Å². The van der Waals surface area contributed by atoms with Gasteiger partial charge in [0.25, 0.3) is 5.56 Å². The summed E-state index contributed by atoms with van der Waals surface area (Å²) in [6.45, 7) is -0.459. The first-order valence-electron chi connectivity index (χ1n) is 8.58. The maximum Gasteiger partial charge on any atom is 0.332 e. The maximum atomic E-state index is 12.7. The lowest BCUT2D eigenvalue weighted by molar-refractivity contribution is -0.116. The Bertz CT molecular complexity index is 1420. The van der Waals surface area contributed by atoms with Crippen molar-refractivity contribution in [1.82, 2.24) is 23.7 Å². The van der Waals surface area contributed by atoms with Crippen LogP contribution in [0.4, 0.5) is 5.13 Å². The Labute approximate surface area is 183 Å². The van der Waals surface area contributed by atoms with Crippen molar-refractivity contribution in [3.05, 3.63) is 60.8 Å². The van der Waals surface area contributed by atoms with Gasteiger partial charge in [0.1, 0.15) is 6.54 Å². The molecular formula is C18H14Cl2N6O3S. The lowest BCUT2D eigenvalue weighted by atomic mass is 10.2. The van der Waals surface area contributed by atoms with Crippen LogP contribution in [0.1, 0.15) is 0 Å². The van der Waals surface area contributed by atoms with E-state index in [1.807, 2.05) is 0 Å². The fourth-order valence-corrected chi connectivity index (χ4v) is 4.10. The lowest BCUT2D eigenvalue weighted by Gasteiger charge is -2.08. The van der Waals surface area contributed by atoms with Crippen LogP contribution in [0.3, 0.4) is 0 Å². The minimum absolute atomic E-state index is 0.233. The van der Waals surface area contributed by atoms with Gasteiger partial charge in [-0.25, -0.2) is 19.3 Å². The van der Waals surface area contributed by atoms with E-state index in [4.69, 9.17) is 23.2 Å². The molecule has 0 aliphatic rings. The number of aromatic nitrogens is 5. The number of carbonyl (C=O) groups excluding carboxylic acids is 1. The summed E-state index contributed by atoms with van der Waals surface area (Å²) >= 11 is 13.4. The molecule has 0 aliphatic carbocycles. The molecule has 0 saturated heterocycles. The number of fused-ring (bicyclic) bond motifs is 1. The van der Waals surface area contributed by atoms with E-state index in [1.54, 1.807) is 30.6 Å². The van der Waals surface area contributed by atoms with Crippen molar-refractivity contribution in [3.63, 3.8) is 0 Å². The number of carbonyl (C=O) groups is 1. The highest BCUT2D eigenvalue weighted by atomic mass is 35.5. The summed E-state index contributed by atoms with van der Waals surface area (Å²) in [6.07, 6.45) is 1.44. The summed E-state index contributed by atoms with van der Waals surface area (Å²) < 4.78 is 3.60. The molecule has 0 radical (unpaired) electrons. The Kier molecular flexibility index (Phi) is 5.22. The van der Waals surface area contributed by atoms with Crippen LogP contribution in [-0.2, 0) is 25.4 Å². The van der Waals surface area contributed by atoms with Crippen molar-refractivity contribution < 1.29 is 4.79 Å². The molecule has 3 aromatic heterocycles. The molecule has 0 aliphatic heterocycles. The van der Waals surface area contributed by atoms with Gasteiger partial charge < -0.3 is 9.88 Å². The van der Waals surface area contributed by atoms with Gasteiger partial charge in [-0.05, 0) is 18.2 Å². The van der Waals surface area contributed by atoms with E-state index in [0.29, 0.717) is 26.4 Å². The second kappa shape index (κ2) is 7.71. The Hall–Kier alpha value is -2.95. The predicted octanol–water partition coefficient (Wildman–Crippen LogP) is 2.50. The standard InChI is InChI=1S/C18H14Cl2N6O3S/c1-24-8-21-15-14(24)16(28)26(18(29)25(15)2)6-13(27)23-17-22-12(7-30-17)10-5-9(19)3-4-11(10)20/h3-5,7-8H,6H2,1-2H3,(H,22,23,27). The average molecular weight is 465 g/mol. The Balaban J connectivity index is 1.60. The van der Waals surface area contributed by atoms with Crippen LogP contribution < -0.4 is 16.6 Å². The van der Waals surface area contributed by atoms with Crippen LogP contribution in [0.5, 0.6) is 0 Å². The van der Waals surface area contributed by atoms with Crippen molar-refractivity contribution >= 4 is 56.7 Å². The third kappa shape index (κ3) is 3.53. The molecule has 0 unspecified atom stereocenters. The third-order valence-electron chi connectivity index (χ3n) is 4.46. The van der Waals surface area contributed by atoms with Crippen LogP contribution in [0.25, 0.3) is 22.4 Å². The monoisotopic (exact) mass is 464 g/mol. The third-order valence-corrected chi connectivity index (χ3v) is 5.78. The Morgan fingerprint density at radius 2 is 2.00 bits per heavy atom. The molecule has 0 fully saturated rings. The first kappa shape index (κ1) is 20.3. The van der Waals surface area contributed by atoms with E-state index in [9.17, 15) is 14.4 Å². The highest BCUT2D eigenvalue weighted by molar-refractivity contribution is 7.14. The van der Waals surface area contributed by atoms with Gasteiger partial charge >= 0.3 is 5.69 Å². The quantitative estimate of drug-likeness (QED) is 0.499. The second-order valence-electron chi connectivity index (χ2n) is 6.47. The van der Waals surface area contributed by atoms with Crippen LogP contribution >= 0.6 is 34.5 Å². The van der Waals surface area contributed by atoms with Crippen molar-refractivity contribution in [3.8, 4) is 11.3 Å². The summed E-state index contributed by atoms with van der Waals surface area (Å²) in [4.78, 5) is 46.1. The number of benzene rings is 1. The van der Waals surface area contributed by atoms with Gasteiger partial charge in [0.15, 0.2) is 16.3 Å². The lowest BCUT2D eigenvalue weighted by Crippen LogP contribution is -2.42. The zero-order chi connectivity index (χ0) is 21.6. The molecule has 154 valence electrons. The number of aryl methyl sites for hydroxylation is 2. The number of amides is 1. The first-order chi connectivity index (χ1) is 14.3. The van der Waals surface area contributed by atoms with Crippen molar-refractivity contribution in [2.24, 2.45) is 14.1 Å². The minimum Gasteiger partial charge on any atom is -0.328 e. The molecule has 30 heavy (non-hydrogen) atoms. The van der Waals surface area contributed by atoms with Crippen LogP contribution in [0.2, 0.25) is 10.0 Å². The van der Waals surface area contributed by atoms with Gasteiger partial charge in [0.2, 0.25) is 5.91 Å². The van der Waals surface area contributed by atoms with Gasteiger partial charge in [-0.15, -0.1) is 11.3 Å². The van der Waals surface area contributed by atoms with E-state index < -0.39 is 23.7 Å². The van der Waals surface area contributed by atoms with E-state index in [1.165, 1.54) is 33.8 Å². The Morgan fingerprint density at radius 3 is 2.77 bits per heavy atom. The number of nitrogens with zero attached hydrogens (tertiary/aromatic N) is 5. The van der Waals surface area contributed by atoms with Crippen LogP contribution in [0.15, 0.2) is 39.5 Å². The molecule has 0 spiro atoms. The molecule has 9 nitrogen and oxygen atoms in total. The smallest absolute Gasteiger partial charge is 0.328 e. The molecule has 12 heteroatoms. The number of nitrogens with one attached hydrogen (secondary N) is 1. The van der Waals surface area contributed by atoms with Gasteiger partial charge in [-0.1, -0.05) is 23.2 Å². The van der Waals surface area contributed by atoms with E-state index in [-0.39, 0.29) is 11.2 Å². The second-order valence-corrected chi connectivity index (χ2v) is 8.17. The zero-order valence-corrected chi connectivity index (χ0v) is 18.0. The average Bonchev–Trinajstić information content (AvgIpc) is 3.32. The number of rotatable bonds is 4. The summed E-state index contributed by atoms with van der Waals surface area (Å²) in [5, 5.41) is 5.61. The minimum atomic E-state index is -0.633. The topological polar surface area (TPSA) is 104 Å². The molecule has 0 atom stereocenters. The fraction of sp³-hybridized carbons (Fsp3) is 0.167. The highest BCUT2D eigenvalue weighted by Crippen LogP contribution is 2.32. The number of hydrogen-bond donors (Lipinski definition) is 1. The van der Waals surface area contributed by atoms with Crippen molar-refractivity contribution in [2.45, 2.75) is 6.54 Å². The molecule has 1 aromatic carbocycles. The number of anilines is 1. The summed E-state index contributed by atoms with van der Waals surface area (Å²) in [5.41, 5.74) is 0.449. The number of thiazole rings is 1. The molecule has 4 rings (SSSR count). The Morgan fingerprint density at radius 1 is 1.23 bits per heavy atom. The van der Waals surface area contributed by atoms with Crippen LogP contribution in [-0.4, -0.2) is 29.6 Å². The number of imidazole rings is 1. The molecule has 0 bridgehead atoms. The SMILES string of the molecule is Cn1cnc2c1c(=O)n(CC(=O)Nc1nc(-c3cc(Cl)ccc3Cl)cs1)c(=O)n2C. The number of halogens is 2. The summed E-state index contributed by atoms with van der Waals surface area (Å²) in [7, 11) is 3.14. The molecular weight excluding hydrogens is 451 g/mol. The van der Waals surface area contributed by atoms with Crippen LogP contribution in [0, 0.1) is 0 Å². The highest BCUT2D eigenvalue weighted by Gasteiger charge is 2.18. The molecule has 3 heterocycles. The van der Waals surface area contributed by atoms with Crippen molar-refractivity contribution in [1.29, 1.82) is 0 Å². The van der Waals surface area contributed by atoms with Gasteiger partial charge in [-0.2, -0.15) is 0 Å². The normalized spacial score (nSPS) is 11.2. The largest absolute Gasteiger partial charge is 0.332 e. The molecule has 4 aromatic rings. The predicted molar refractivity (Wildman–Crippen MR) is 116 cm³/mol. The van der Waals surface area contributed by atoms with E-state index in [0.717, 1.165) is 4.57 Å². The fourth-order valence-electron chi connectivity index (χ4n) is 2.99. The van der Waals surface area contributed by atoms with Crippen molar-refractivity contribution in [2.75, 3.05) is 5.32 Å². The maximum absolute atomic E-state index is 12.7. The van der Waals surface area contributed by atoms with Gasteiger partial charge in [0, 0.05) is 30.1 Å². The summed E-state index contributed by atoms with van der Waals surface area (Å²) in [6, 6.07) is 5.00. The van der Waals surface area contributed by atoms with E-state index in [2.05, 4.69) is 15.3 Å². The van der Waals surface area contributed by atoms with E-state index >= 15 is 0 Å². The zero-order valence-electron chi connectivity index (χ0n) is 15.7. The summed E-state index contributed by atoms with van der Waals surface area (Å²) in [5.74, 6) is -0.561. The molecule has 1 amide bonds. The van der Waals surface area contributed by atoms with Gasteiger partial charge in [0.05, 0.1) is 17.0 Å². The molecule has 0 saturated carbocycles. The first-order valence-corrected chi connectivity index (χ1v) is 10.2. The molecule has 1 N–H and O–H groups in total. The number of hydrogen-bond acceptors (Lipinski definition) is 6.